The molecule has 5 heteroatoms. The van der Waals surface area contributed by atoms with Gasteiger partial charge in [0.1, 0.15) is 5.75 Å². The molecule has 0 saturated carbocycles. The van der Waals surface area contributed by atoms with Crippen LogP contribution in [0.15, 0.2) is 36.4 Å². The van der Waals surface area contributed by atoms with E-state index in [9.17, 15) is 9.59 Å². The van der Waals surface area contributed by atoms with Crippen molar-refractivity contribution in [2.75, 3.05) is 6.61 Å². The molecular formula is C21H27NO4. The normalized spacial score (nSPS) is 10.7. The lowest BCUT2D eigenvalue weighted by molar-refractivity contribution is -0.138. The molecule has 0 radical (unpaired) electrons. The van der Waals surface area contributed by atoms with E-state index in [4.69, 9.17) is 9.84 Å². The Hall–Kier alpha value is -2.56. The second-order valence-electron chi connectivity index (χ2n) is 6.34. The Morgan fingerprint density at radius 2 is 1.85 bits per heavy atom. The summed E-state index contributed by atoms with van der Waals surface area (Å²) >= 11 is 0. The third-order valence-electron chi connectivity index (χ3n) is 4.28. The van der Waals surface area contributed by atoms with Crippen molar-refractivity contribution in [1.82, 2.24) is 5.32 Å². The highest BCUT2D eigenvalue weighted by atomic mass is 16.5. The number of amides is 1. The van der Waals surface area contributed by atoms with E-state index in [1.807, 2.05) is 36.4 Å². The number of hydrogen-bond donors (Lipinski definition) is 2. The van der Waals surface area contributed by atoms with Gasteiger partial charge in [-0.3, -0.25) is 9.59 Å². The topological polar surface area (TPSA) is 75.6 Å². The van der Waals surface area contributed by atoms with Gasteiger partial charge in [0.05, 0.1) is 13.0 Å². The largest absolute Gasteiger partial charge is 0.493 e. The van der Waals surface area contributed by atoms with Gasteiger partial charge >= 0.3 is 5.97 Å². The van der Waals surface area contributed by atoms with Gasteiger partial charge in [-0.25, -0.2) is 0 Å². The van der Waals surface area contributed by atoms with Crippen LogP contribution in [-0.4, -0.2) is 23.6 Å². The molecule has 5 nitrogen and oxygen atoms in total. The number of ether oxygens (including phenoxy) is 1. The number of aliphatic carboxylic acids is 1. The highest BCUT2D eigenvalue weighted by Gasteiger charge is 2.11. The second kappa shape index (κ2) is 10.4. The molecule has 1 amide bonds. The summed E-state index contributed by atoms with van der Waals surface area (Å²) in [4.78, 5) is 22.5. The van der Waals surface area contributed by atoms with Gasteiger partial charge in [-0.15, -0.1) is 0 Å². The fourth-order valence-corrected chi connectivity index (χ4v) is 2.84. The first-order valence-corrected chi connectivity index (χ1v) is 9.23. The molecule has 0 aliphatic carbocycles. The van der Waals surface area contributed by atoms with Crippen molar-refractivity contribution < 1.29 is 19.4 Å². The molecule has 0 aliphatic rings. The number of carbonyl (C=O) groups is 2. The molecular weight excluding hydrogens is 330 g/mol. The molecule has 0 aromatic heterocycles. The minimum atomic E-state index is -0.971. The van der Waals surface area contributed by atoms with Gasteiger partial charge in [0.25, 0.3) is 0 Å². The highest BCUT2D eigenvalue weighted by molar-refractivity contribution is 5.88. The third kappa shape index (κ3) is 6.06. The SMILES string of the molecule is CCCCCCOc1ccc2ccccc2c1CNC(=O)CCC(=O)O. The van der Waals surface area contributed by atoms with Crippen LogP contribution in [0.25, 0.3) is 10.8 Å². The molecule has 26 heavy (non-hydrogen) atoms. The van der Waals surface area contributed by atoms with Crippen molar-refractivity contribution in [3.63, 3.8) is 0 Å². The molecule has 2 rings (SSSR count). The Kier molecular flexibility index (Phi) is 7.93. The van der Waals surface area contributed by atoms with Crippen molar-refractivity contribution >= 4 is 22.6 Å². The molecule has 0 heterocycles. The molecule has 2 aromatic rings. The van der Waals surface area contributed by atoms with Crippen LogP contribution in [0, 0.1) is 0 Å². The number of benzene rings is 2. The highest BCUT2D eigenvalue weighted by Crippen LogP contribution is 2.28. The summed E-state index contributed by atoms with van der Waals surface area (Å²) in [6.45, 7) is 3.15. The average molecular weight is 357 g/mol. The molecule has 140 valence electrons. The van der Waals surface area contributed by atoms with Crippen molar-refractivity contribution in [2.24, 2.45) is 0 Å². The van der Waals surface area contributed by atoms with Crippen molar-refractivity contribution in [3.8, 4) is 5.75 Å². The third-order valence-corrected chi connectivity index (χ3v) is 4.28. The van der Waals surface area contributed by atoms with Gasteiger partial charge in [0.2, 0.25) is 5.91 Å². The zero-order valence-corrected chi connectivity index (χ0v) is 15.3. The maximum absolute atomic E-state index is 11.9. The monoisotopic (exact) mass is 357 g/mol. The standard InChI is InChI=1S/C21H27NO4/c1-2-3-4-7-14-26-19-11-10-16-8-5-6-9-17(16)18(19)15-22-20(23)12-13-21(24)25/h5-6,8-11H,2-4,7,12-15H2,1H3,(H,22,23)(H,24,25). The van der Waals surface area contributed by atoms with Crippen LogP contribution < -0.4 is 10.1 Å². The number of fused-ring (bicyclic) bond motifs is 1. The number of carboxylic acids is 1. The molecule has 0 saturated heterocycles. The van der Waals surface area contributed by atoms with Crippen LogP contribution in [-0.2, 0) is 16.1 Å². The molecule has 0 unspecified atom stereocenters. The summed E-state index contributed by atoms with van der Waals surface area (Å²) in [5.74, 6) is -0.464. The smallest absolute Gasteiger partial charge is 0.303 e. The summed E-state index contributed by atoms with van der Waals surface area (Å²) in [5, 5.41) is 13.6. The summed E-state index contributed by atoms with van der Waals surface area (Å²) < 4.78 is 5.98. The minimum Gasteiger partial charge on any atom is -0.493 e. The van der Waals surface area contributed by atoms with Gasteiger partial charge in [-0.2, -0.15) is 0 Å². The molecule has 2 aromatic carbocycles. The molecule has 0 spiro atoms. The Balaban J connectivity index is 2.08. The van der Waals surface area contributed by atoms with Gasteiger partial charge < -0.3 is 15.2 Å². The van der Waals surface area contributed by atoms with Gasteiger partial charge in [-0.1, -0.05) is 56.5 Å². The number of hydrogen-bond acceptors (Lipinski definition) is 3. The van der Waals surface area contributed by atoms with E-state index in [0.717, 1.165) is 34.9 Å². The maximum atomic E-state index is 11.9. The van der Waals surface area contributed by atoms with Crippen LogP contribution in [0.4, 0.5) is 0 Å². The van der Waals surface area contributed by atoms with Crippen molar-refractivity contribution in [3.05, 3.63) is 42.0 Å². The fourth-order valence-electron chi connectivity index (χ4n) is 2.84. The minimum absolute atomic E-state index is 0.0205. The zero-order chi connectivity index (χ0) is 18.8. The first kappa shape index (κ1) is 19.8. The predicted octanol–water partition coefficient (Wildman–Crippen LogP) is 4.28. The Morgan fingerprint density at radius 3 is 2.62 bits per heavy atom. The zero-order valence-electron chi connectivity index (χ0n) is 15.3. The van der Waals surface area contributed by atoms with Crippen LogP contribution in [0.2, 0.25) is 0 Å². The van der Waals surface area contributed by atoms with Gasteiger partial charge in [0, 0.05) is 18.5 Å². The number of rotatable bonds is 11. The number of carbonyl (C=O) groups excluding carboxylic acids is 1. The maximum Gasteiger partial charge on any atom is 0.303 e. The van der Waals surface area contributed by atoms with E-state index in [1.165, 1.54) is 12.8 Å². The predicted molar refractivity (Wildman–Crippen MR) is 102 cm³/mol. The lowest BCUT2D eigenvalue weighted by Crippen LogP contribution is -2.23. The molecule has 0 bridgehead atoms. The van der Waals surface area contributed by atoms with Gasteiger partial charge in [-0.05, 0) is 23.3 Å². The Bertz CT molecular complexity index is 742. The first-order valence-electron chi connectivity index (χ1n) is 9.23. The summed E-state index contributed by atoms with van der Waals surface area (Å²) in [6.07, 6.45) is 4.35. The summed E-state index contributed by atoms with van der Waals surface area (Å²) in [6, 6.07) is 11.9. The quantitative estimate of drug-likeness (QED) is 0.589. The van der Waals surface area contributed by atoms with Crippen LogP contribution >= 0.6 is 0 Å². The Labute approximate surface area is 154 Å². The molecule has 0 aliphatic heterocycles. The van der Waals surface area contributed by atoms with E-state index in [2.05, 4.69) is 12.2 Å². The van der Waals surface area contributed by atoms with Crippen molar-refractivity contribution in [1.29, 1.82) is 0 Å². The van der Waals surface area contributed by atoms with E-state index in [1.54, 1.807) is 0 Å². The molecule has 2 N–H and O–H groups in total. The van der Waals surface area contributed by atoms with Crippen molar-refractivity contribution in [2.45, 2.75) is 52.0 Å². The summed E-state index contributed by atoms with van der Waals surface area (Å²) in [5.41, 5.74) is 0.933. The average Bonchev–Trinajstić information content (AvgIpc) is 2.64. The lowest BCUT2D eigenvalue weighted by atomic mass is 10.0. The fraction of sp³-hybridized carbons (Fsp3) is 0.429. The van der Waals surface area contributed by atoms with Crippen LogP contribution in [0.1, 0.15) is 51.0 Å². The second-order valence-corrected chi connectivity index (χ2v) is 6.34. The van der Waals surface area contributed by atoms with E-state index >= 15 is 0 Å². The number of carboxylic acid groups (broad SMARTS) is 1. The Morgan fingerprint density at radius 1 is 1.04 bits per heavy atom. The summed E-state index contributed by atoms with van der Waals surface area (Å²) in [7, 11) is 0. The van der Waals surface area contributed by atoms with Crippen LogP contribution in [0.3, 0.4) is 0 Å². The lowest BCUT2D eigenvalue weighted by Gasteiger charge is -2.15. The van der Waals surface area contributed by atoms with E-state index < -0.39 is 5.97 Å². The number of unbranched alkanes of at least 4 members (excludes halogenated alkanes) is 3. The molecule has 0 fully saturated rings. The number of nitrogens with one attached hydrogen (secondary N) is 1. The van der Waals surface area contributed by atoms with E-state index in [-0.39, 0.29) is 18.7 Å². The first-order chi connectivity index (χ1) is 12.6. The molecule has 0 atom stereocenters. The van der Waals surface area contributed by atoms with Crippen LogP contribution in [0.5, 0.6) is 5.75 Å². The van der Waals surface area contributed by atoms with Gasteiger partial charge in [0.15, 0.2) is 0 Å². The van der Waals surface area contributed by atoms with E-state index in [0.29, 0.717) is 13.2 Å².